The van der Waals surface area contributed by atoms with Crippen LogP contribution in [0.1, 0.15) is 42.2 Å². The van der Waals surface area contributed by atoms with Gasteiger partial charge in [0.2, 0.25) is 5.89 Å². The van der Waals surface area contributed by atoms with E-state index in [2.05, 4.69) is 26.0 Å². The van der Waals surface area contributed by atoms with E-state index in [-0.39, 0.29) is 5.56 Å². The van der Waals surface area contributed by atoms with Gasteiger partial charge in [-0.15, -0.1) is 0 Å². The van der Waals surface area contributed by atoms with Crippen LogP contribution in [-0.2, 0) is 30.8 Å². The van der Waals surface area contributed by atoms with Crippen LogP contribution in [0.5, 0.6) is 0 Å². The fourth-order valence-corrected chi connectivity index (χ4v) is 4.97. The molecule has 0 aromatic carbocycles. The highest BCUT2D eigenvalue weighted by Gasteiger charge is 2.39. The van der Waals surface area contributed by atoms with Crippen LogP contribution in [0.3, 0.4) is 0 Å². The maximum Gasteiger partial charge on any atom is 0.255 e. The normalized spacial score (nSPS) is 24.5. The third kappa shape index (κ3) is 3.65. The zero-order valence-corrected chi connectivity index (χ0v) is 17.2. The van der Waals surface area contributed by atoms with Crippen molar-refractivity contribution in [3.8, 4) is 0 Å². The summed E-state index contributed by atoms with van der Waals surface area (Å²) in [5, 5.41) is 4.01. The van der Waals surface area contributed by atoms with Gasteiger partial charge in [0.05, 0.1) is 25.8 Å². The SMILES string of the molecule is CCc1nc(CN(C)Cc2ccc3n(c2=O)C[C@H]2C[C@@H]3CN(C3COC3)C2)no1. The second kappa shape index (κ2) is 7.66. The van der Waals surface area contributed by atoms with E-state index in [4.69, 9.17) is 9.26 Å². The van der Waals surface area contributed by atoms with Gasteiger partial charge < -0.3 is 13.8 Å². The van der Waals surface area contributed by atoms with Crippen LogP contribution in [0.15, 0.2) is 21.5 Å². The fraction of sp³-hybridized carbons (Fsp3) is 0.667. The molecule has 29 heavy (non-hydrogen) atoms. The molecule has 0 spiro atoms. The molecule has 2 aromatic heterocycles. The van der Waals surface area contributed by atoms with E-state index < -0.39 is 0 Å². The van der Waals surface area contributed by atoms with Crippen molar-refractivity contribution in [2.45, 2.75) is 51.4 Å². The summed E-state index contributed by atoms with van der Waals surface area (Å²) >= 11 is 0. The Morgan fingerprint density at radius 3 is 2.79 bits per heavy atom. The van der Waals surface area contributed by atoms with Crippen LogP contribution >= 0.6 is 0 Å². The zero-order chi connectivity index (χ0) is 20.0. The lowest BCUT2D eigenvalue weighted by molar-refractivity contribution is -0.0827. The predicted molar refractivity (Wildman–Crippen MR) is 107 cm³/mol. The van der Waals surface area contributed by atoms with Gasteiger partial charge in [0.1, 0.15) is 0 Å². The molecule has 0 radical (unpaired) electrons. The number of aryl methyl sites for hydroxylation is 1. The summed E-state index contributed by atoms with van der Waals surface area (Å²) in [6, 6.07) is 4.77. The van der Waals surface area contributed by atoms with E-state index >= 15 is 0 Å². The Bertz CT molecular complexity index is 935. The van der Waals surface area contributed by atoms with Crippen molar-refractivity contribution < 1.29 is 9.26 Å². The van der Waals surface area contributed by atoms with E-state index in [0.29, 0.717) is 42.7 Å². The van der Waals surface area contributed by atoms with Gasteiger partial charge in [-0.25, -0.2) is 0 Å². The van der Waals surface area contributed by atoms with E-state index in [1.807, 2.05) is 24.6 Å². The summed E-state index contributed by atoms with van der Waals surface area (Å²) in [6.45, 7) is 7.80. The molecule has 2 atom stereocenters. The van der Waals surface area contributed by atoms with Gasteiger partial charge in [0.25, 0.3) is 5.56 Å². The molecular weight excluding hydrogens is 370 g/mol. The first-order valence-corrected chi connectivity index (χ1v) is 10.6. The second-order valence-electron chi connectivity index (χ2n) is 8.77. The number of hydrogen-bond acceptors (Lipinski definition) is 7. The topological polar surface area (TPSA) is 76.6 Å². The molecule has 2 bridgehead atoms. The molecule has 3 aliphatic heterocycles. The number of piperidine rings is 1. The van der Waals surface area contributed by atoms with Gasteiger partial charge in [-0.2, -0.15) is 4.98 Å². The monoisotopic (exact) mass is 399 g/mol. The third-order valence-corrected chi connectivity index (χ3v) is 6.51. The zero-order valence-electron chi connectivity index (χ0n) is 17.2. The van der Waals surface area contributed by atoms with E-state index in [0.717, 1.165) is 44.8 Å². The van der Waals surface area contributed by atoms with Crippen molar-refractivity contribution in [3.63, 3.8) is 0 Å². The molecule has 0 amide bonds. The van der Waals surface area contributed by atoms with Gasteiger partial charge in [-0.1, -0.05) is 18.1 Å². The fourth-order valence-electron chi connectivity index (χ4n) is 4.97. The van der Waals surface area contributed by atoms with Crippen LogP contribution < -0.4 is 5.56 Å². The molecule has 8 nitrogen and oxygen atoms in total. The van der Waals surface area contributed by atoms with Crippen LogP contribution in [0.2, 0.25) is 0 Å². The number of aromatic nitrogens is 3. The predicted octanol–water partition coefficient (Wildman–Crippen LogP) is 1.24. The molecule has 5 rings (SSSR count). The summed E-state index contributed by atoms with van der Waals surface area (Å²) in [5.41, 5.74) is 2.19. The minimum Gasteiger partial charge on any atom is -0.378 e. The molecule has 156 valence electrons. The summed E-state index contributed by atoms with van der Waals surface area (Å²) in [5.74, 6) is 2.32. The van der Waals surface area contributed by atoms with Gasteiger partial charge in [-0.05, 0) is 25.5 Å². The minimum atomic E-state index is 0.159. The van der Waals surface area contributed by atoms with Gasteiger partial charge in [-0.3, -0.25) is 14.6 Å². The first-order valence-electron chi connectivity index (χ1n) is 10.6. The van der Waals surface area contributed by atoms with Crippen molar-refractivity contribution in [2.24, 2.45) is 5.92 Å². The highest BCUT2D eigenvalue weighted by Crippen LogP contribution is 2.36. The standard InChI is InChI=1S/C21H29N5O3/c1-3-20-22-19(23-29-20)11-24(2)9-15-4-5-18-16-6-14(8-26(18)21(15)27)7-25(10-16)17-12-28-13-17/h4-5,14,16-17H,3,6-13H2,1-2H3/t14-,16+/m0/s1. The van der Waals surface area contributed by atoms with Crippen molar-refractivity contribution in [1.29, 1.82) is 0 Å². The number of fused-ring (bicyclic) bond motifs is 4. The lowest BCUT2D eigenvalue weighted by Gasteiger charge is -2.47. The minimum absolute atomic E-state index is 0.159. The summed E-state index contributed by atoms with van der Waals surface area (Å²) in [6.07, 6.45) is 1.93. The Hall–Kier alpha value is -2.03. The molecule has 2 aromatic rings. The molecular formula is C21H29N5O3. The first-order chi connectivity index (χ1) is 14.1. The summed E-state index contributed by atoms with van der Waals surface area (Å²) in [7, 11) is 1.98. The maximum absolute atomic E-state index is 13.2. The Morgan fingerprint density at radius 1 is 1.21 bits per heavy atom. The van der Waals surface area contributed by atoms with E-state index in [1.165, 1.54) is 12.1 Å². The highest BCUT2D eigenvalue weighted by molar-refractivity contribution is 5.22. The number of rotatable bonds is 6. The molecule has 0 unspecified atom stereocenters. The quantitative estimate of drug-likeness (QED) is 0.723. The van der Waals surface area contributed by atoms with Crippen molar-refractivity contribution >= 4 is 0 Å². The lowest BCUT2D eigenvalue weighted by Crippen LogP contribution is -2.56. The average molecular weight is 399 g/mol. The molecule has 8 heteroatoms. The summed E-state index contributed by atoms with van der Waals surface area (Å²) in [4.78, 5) is 22.2. The number of likely N-dealkylation sites (tertiary alicyclic amines) is 1. The maximum atomic E-state index is 13.2. The Morgan fingerprint density at radius 2 is 2.07 bits per heavy atom. The van der Waals surface area contributed by atoms with Gasteiger partial charge in [0.15, 0.2) is 5.82 Å². The Balaban J connectivity index is 1.31. The average Bonchev–Trinajstić information content (AvgIpc) is 3.10. The number of hydrogen-bond donors (Lipinski definition) is 0. The van der Waals surface area contributed by atoms with E-state index in [1.54, 1.807) is 0 Å². The molecule has 2 fully saturated rings. The molecule has 0 N–H and O–H groups in total. The second-order valence-corrected chi connectivity index (χ2v) is 8.77. The smallest absolute Gasteiger partial charge is 0.255 e. The molecule has 0 aliphatic carbocycles. The Kier molecular flexibility index (Phi) is 5.01. The van der Waals surface area contributed by atoms with Crippen LogP contribution in [0, 0.1) is 5.92 Å². The van der Waals surface area contributed by atoms with Gasteiger partial charge >= 0.3 is 0 Å². The molecule has 0 saturated carbocycles. The first kappa shape index (κ1) is 19.0. The molecule has 3 aliphatic rings. The largest absolute Gasteiger partial charge is 0.378 e. The van der Waals surface area contributed by atoms with Crippen LogP contribution in [0.4, 0.5) is 0 Å². The Labute approximate surface area is 170 Å². The van der Waals surface area contributed by atoms with Crippen molar-refractivity contribution in [2.75, 3.05) is 33.4 Å². The number of nitrogens with zero attached hydrogens (tertiary/aromatic N) is 5. The molecule has 2 saturated heterocycles. The third-order valence-electron chi connectivity index (χ3n) is 6.51. The van der Waals surface area contributed by atoms with Crippen LogP contribution in [-0.4, -0.2) is 63.9 Å². The van der Waals surface area contributed by atoms with Crippen LogP contribution in [0.25, 0.3) is 0 Å². The number of pyridine rings is 1. The highest BCUT2D eigenvalue weighted by atomic mass is 16.5. The lowest BCUT2D eigenvalue weighted by atomic mass is 9.82. The number of ether oxygens (including phenoxy) is 1. The summed E-state index contributed by atoms with van der Waals surface area (Å²) < 4.78 is 12.6. The van der Waals surface area contributed by atoms with Crippen molar-refractivity contribution in [3.05, 3.63) is 45.5 Å². The van der Waals surface area contributed by atoms with Gasteiger partial charge in [0, 0.05) is 49.8 Å². The van der Waals surface area contributed by atoms with E-state index in [9.17, 15) is 4.79 Å². The van der Waals surface area contributed by atoms with Crippen molar-refractivity contribution in [1.82, 2.24) is 24.5 Å². The molecule has 5 heterocycles.